The molecule has 2 amide bonds. The summed E-state index contributed by atoms with van der Waals surface area (Å²) in [6.07, 6.45) is 1.74. The number of amides is 2. The second-order valence-electron chi connectivity index (χ2n) is 5.86. The first-order valence-electron chi connectivity index (χ1n) is 8.65. The Kier molecular flexibility index (Phi) is 8.11. The van der Waals surface area contributed by atoms with Crippen molar-refractivity contribution in [2.45, 2.75) is 6.92 Å². The van der Waals surface area contributed by atoms with Gasteiger partial charge in [-0.05, 0) is 99.8 Å². The molecule has 1 fully saturated rings. The van der Waals surface area contributed by atoms with Crippen molar-refractivity contribution in [3.63, 3.8) is 0 Å². The van der Waals surface area contributed by atoms with Crippen LogP contribution in [0.4, 0.5) is 4.79 Å². The number of imide groups is 1. The number of benzene rings is 2. The van der Waals surface area contributed by atoms with E-state index in [1.54, 1.807) is 24.3 Å². The average molecular weight is 656 g/mol. The van der Waals surface area contributed by atoms with Gasteiger partial charge in [0.05, 0.1) is 30.2 Å². The van der Waals surface area contributed by atoms with Crippen LogP contribution in [0.1, 0.15) is 12.5 Å². The minimum atomic E-state index is -0.318. The lowest BCUT2D eigenvalue weighted by atomic mass is 10.2. The van der Waals surface area contributed by atoms with Gasteiger partial charge >= 0.3 is 0 Å². The molecule has 29 heavy (non-hydrogen) atoms. The zero-order chi connectivity index (χ0) is 21.0. The Morgan fingerprint density at radius 3 is 2.48 bits per heavy atom. The van der Waals surface area contributed by atoms with Gasteiger partial charge in [-0.2, -0.15) is 0 Å². The van der Waals surface area contributed by atoms with E-state index in [1.165, 1.54) is 4.90 Å². The summed E-state index contributed by atoms with van der Waals surface area (Å²) >= 11 is 11.4. The van der Waals surface area contributed by atoms with Crippen molar-refractivity contribution >= 4 is 85.8 Å². The minimum absolute atomic E-state index is 0.158. The number of halogens is 3. The summed E-state index contributed by atoms with van der Waals surface area (Å²) in [6, 6.07) is 10.9. The molecule has 0 unspecified atom stereocenters. The quantitative estimate of drug-likeness (QED) is 0.268. The first-order valence-corrected chi connectivity index (χ1v) is 12.0. The van der Waals surface area contributed by atoms with Gasteiger partial charge in [0.25, 0.3) is 11.1 Å². The van der Waals surface area contributed by atoms with Gasteiger partial charge in [-0.25, -0.2) is 0 Å². The van der Waals surface area contributed by atoms with Gasteiger partial charge in [-0.3, -0.25) is 14.5 Å². The maximum Gasteiger partial charge on any atom is 0.293 e. The Labute approximate surface area is 205 Å². The maximum atomic E-state index is 12.7. The van der Waals surface area contributed by atoms with E-state index in [0.29, 0.717) is 22.3 Å². The molecule has 152 valence electrons. The molecule has 5 nitrogen and oxygen atoms in total. The van der Waals surface area contributed by atoms with E-state index >= 15 is 0 Å². The predicted molar refractivity (Wildman–Crippen MR) is 133 cm³/mol. The van der Waals surface area contributed by atoms with Crippen molar-refractivity contribution in [2.75, 3.05) is 19.8 Å². The van der Waals surface area contributed by atoms with Crippen LogP contribution in [-0.2, 0) is 4.79 Å². The third-order valence-electron chi connectivity index (χ3n) is 3.89. The molecule has 0 aromatic heterocycles. The van der Waals surface area contributed by atoms with Crippen LogP contribution in [0, 0.1) is 7.14 Å². The van der Waals surface area contributed by atoms with Gasteiger partial charge < -0.3 is 9.47 Å². The van der Waals surface area contributed by atoms with Crippen molar-refractivity contribution in [3.8, 4) is 11.5 Å². The van der Waals surface area contributed by atoms with Crippen LogP contribution >= 0.6 is 68.5 Å². The van der Waals surface area contributed by atoms with Gasteiger partial charge in [0, 0.05) is 0 Å². The Bertz CT molecular complexity index is 960. The summed E-state index contributed by atoms with van der Waals surface area (Å²) in [5.74, 6) is 1.03. The Morgan fingerprint density at radius 2 is 1.83 bits per heavy atom. The third kappa shape index (κ3) is 5.59. The molecule has 0 bridgehead atoms. The number of carbonyl (C=O) groups is 2. The lowest BCUT2D eigenvalue weighted by Crippen LogP contribution is -2.32. The Morgan fingerprint density at radius 1 is 1.14 bits per heavy atom. The van der Waals surface area contributed by atoms with Crippen molar-refractivity contribution in [1.29, 1.82) is 0 Å². The van der Waals surface area contributed by atoms with Crippen LogP contribution < -0.4 is 9.47 Å². The van der Waals surface area contributed by atoms with Gasteiger partial charge in [0.15, 0.2) is 0 Å². The third-order valence-corrected chi connectivity index (χ3v) is 6.71. The number of nitrogens with zero attached hydrogens (tertiary/aromatic N) is 1. The van der Waals surface area contributed by atoms with E-state index in [0.717, 1.165) is 30.2 Å². The molecule has 0 radical (unpaired) electrons. The second kappa shape index (κ2) is 10.4. The summed E-state index contributed by atoms with van der Waals surface area (Å²) in [6.45, 7) is 2.85. The van der Waals surface area contributed by atoms with E-state index < -0.39 is 0 Å². The summed E-state index contributed by atoms with van der Waals surface area (Å²) < 4.78 is 13.1. The zero-order valence-electron chi connectivity index (χ0n) is 15.3. The largest absolute Gasteiger partial charge is 0.492 e. The molecular formula is C20H16ClI2NO4S. The zero-order valence-corrected chi connectivity index (χ0v) is 21.2. The van der Waals surface area contributed by atoms with E-state index in [9.17, 15) is 9.59 Å². The maximum absolute atomic E-state index is 12.7. The van der Waals surface area contributed by atoms with E-state index in [2.05, 4.69) is 45.2 Å². The lowest BCUT2D eigenvalue weighted by Gasteiger charge is -2.13. The molecule has 3 rings (SSSR count). The summed E-state index contributed by atoms with van der Waals surface area (Å²) in [7, 11) is 0. The number of hydrogen-bond donors (Lipinski definition) is 0. The molecule has 0 spiro atoms. The fourth-order valence-electron chi connectivity index (χ4n) is 2.60. The molecule has 2 aromatic rings. The molecule has 9 heteroatoms. The Hall–Kier alpha value is -0.980. The molecule has 1 heterocycles. The minimum Gasteiger partial charge on any atom is -0.492 e. The van der Waals surface area contributed by atoms with Crippen LogP contribution in [0.25, 0.3) is 6.08 Å². The highest BCUT2D eigenvalue weighted by Crippen LogP contribution is 2.34. The number of para-hydroxylation sites is 1. The van der Waals surface area contributed by atoms with Gasteiger partial charge in [-0.1, -0.05) is 23.7 Å². The molecule has 1 aliphatic rings. The van der Waals surface area contributed by atoms with Crippen LogP contribution in [0.5, 0.6) is 11.5 Å². The monoisotopic (exact) mass is 655 g/mol. The van der Waals surface area contributed by atoms with E-state index in [1.807, 2.05) is 25.1 Å². The van der Waals surface area contributed by atoms with Crippen LogP contribution in [0.2, 0.25) is 5.02 Å². The van der Waals surface area contributed by atoms with Crippen molar-refractivity contribution in [1.82, 2.24) is 4.90 Å². The summed E-state index contributed by atoms with van der Waals surface area (Å²) in [5, 5.41) is 0.181. The molecule has 0 aliphatic carbocycles. The molecule has 1 aliphatic heterocycles. The number of carbonyl (C=O) groups excluding carboxylic acids is 2. The Balaban J connectivity index is 1.69. The molecule has 0 N–H and O–H groups in total. The van der Waals surface area contributed by atoms with Crippen LogP contribution in [-0.4, -0.2) is 35.8 Å². The highest BCUT2D eigenvalue weighted by molar-refractivity contribution is 14.1. The fraction of sp³-hybridized carbons (Fsp3) is 0.200. The summed E-state index contributed by atoms with van der Waals surface area (Å²) in [4.78, 5) is 26.5. The van der Waals surface area contributed by atoms with E-state index in [4.69, 9.17) is 21.1 Å². The van der Waals surface area contributed by atoms with Gasteiger partial charge in [-0.15, -0.1) is 0 Å². The first kappa shape index (κ1) is 22.7. The van der Waals surface area contributed by atoms with Crippen molar-refractivity contribution in [2.24, 2.45) is 0 Å². The molecule has 0 atom stereocenters. The van der Waals surface area contributed by atoms with Crippen molar-refractivity contribution < 1.29 is 19.1 Å². The molecule has 1 saturated heterocycles. The molecule has 2 aromatic carbocycles. The normalized spacial score (nSPS) is 15.3. The topological polar surface area (TPSA) is 55.8 Å². The smallest absolute Gasteiger partial charge is 0.293 e. The number of rotatable bonds is 7. The van der Waals surface area contributed by atoms with Gasteiger partial charge in [0.2, 0.25) is 0 Å². The summed E-state index contributed by atoms with van der Waals surface area (Å²) in [5.41, 5.74) is 0.847. The van der Waals surface area contributed by atoms with Gasteiger partial charge in [0.1, 0.15) is 18.1 Å². The van der Waals surface area contributed by atoms with E-state index in [-0.39, 0.29) is 24.3 Å². The van der Waals surface area contributed by atoms with Crippen LogP contribution in [0.15, 0.2) is 41.3 Å². The van der Waals surface area contributed by atoms with Crippen molar-refractivity contribution in [3.05, 3.63) is 59.0 Å². The second-order valence-corrected chi connectivity index (χ2v) is 9.58. The number of hydrogen-bond acceptors (Lipinski definition) is 5. The average Bonchev–Trinajstić information content (AvgIpc) is 2.93. The number of thioether (sulfide) groups is 1. The first-order chi connectivity index (χ1) is 13.9. The fourth-order valence-corrected chi connectivity index (χ4v) is 5.78. The SMILES string of the molecule is CCOc1c(I)cc(/C=C2\SC(=O)N(CCOc3ccccc3Cl)C2=O)cc1I. The molecular weight excluding hydrogens is 640 g/mol. The number of ether oxygens (including phenoxy) is 2. The van der Waals surface area contributed by atoms with Crippen LogP contribution in [0.3, 0.4) is 0 Å². The standard InChI is InChI=1S/C20H16ClI2NO4S/c1-2-27-18-14(22)9-12(10-15(18)23)11-17-19(25)24(20(26)29-17)7-8-28-16-6-4-3-5-13(16)21/h3-6,9-11H,2,7-8H2,1H3/b17-11-. The highest BCUT2D eigenvalue weighted by atomic mass is 127. The molecule has 0 saturated carbocycles. The predicted octanol–water partition coefficient (Wildman–Crippen LogP) is 6.06. The lowest BCUT2D eigenvalue weighted by molar-refractivity contribution is -0.123. The highest BCUT2D eigenvalue weighted by Gasteiger charge is 2.34.